The normalized spacial score (nSPS) is 11.1. The number of nitrogens with zero attached hydrogens (tertiary/aromatic N) is 4. The molecule has 0 atom stereocenters. The summed E-state index contributed by atoms with van der Waals surface area (Å²) < 4.78 is 0. The Morgan fingerprint density at radius 2 is 1.79 bits per heavy atom. The maximum absolute atomic E-state index is 5.89. The van der Waals surface area contributed by atoms with Crippen LogP contribution < -0.4 is 4.90 Å². The molecule has 0 bridgehead atoms. The lowest BCUT2D eigenvalue weighted by Crippen LogP contribution is -2.30. The Morgan fingerprint density at radius 1 is 1.11 bits per heavy atom. The minimum absolute atomic E-state index is 0.322. The van der Waals surface area contributed by atoms with Gasteiger partial charge in [-0.25, -0.2) is 9.97 Å². The number of halogens is 1. The molecular weight excluding hydrogens is 260 g/mol. The first kappa shape index (κ1) is 16.2. The lowest BCUT2D eigenvalue weighted by Gasteiger charge is -2.25. The fraction of sp³-hybridized carbons (Fsp3) is 0.714. The van der Waals surface area contributed by atoms with Crippen LogP contribution >= 0.6 is 11.6 Å². The molecule has 0 saturated heterocycles. The molecule has 0 N–H and O–H groups in total. The van der Waals surface area contributed by atoms with Crippen LogP contribution in [0.25, 0.3) is 0 Å². The summed E-state index contributed by atoms with van der Waals surface area (Å²) in [6.45, 7) is 13.9. The summed E-state index contributed by atoms with van der Waals surface area (Å²) in [6, 6.07) is 0. The molecule has 0 saturated carbocycles. The van der Waals surface area contributed by atoms with E-state index in [1.807, 2.05) is 6.92 Å². The molecule has 19 heavy (non-hydrogen) atoms. The van der Waals surface area contributed by atoms with Gasteiger partial charge in [-0.15, -0.1) is 0 Å². The monoisotopic (exact) mass is 284 g/mol. The van der Waals surface area contributed by atoms with Crippen LogP contribution in [0, 0.1) is 6.92 Å². The van der Waals surface area contributed by atoms with Crippen molar-refractivity contribution in [3.8, 4) is 0 Å². The van der Waals surface area contributed by atoms with Crippen molar-refractivity contribution in [2.75, 3.05) is 37.6 Å². The minimum atomic E-state index is 0.322. The molecule has 1 aromatic heterocycles. The summed E-state index contributed by atoms with van der Waals surface area (Å²) in [6.07, 6.45) is 2.92. The molecule has 0 spiro atoms. The molecule has 0 fully saturated rings. The van der Waals surface area contributed by atoms with Gasteiger partial charge in [-0.2, -0.15) is 0 Å². The van der Waals surface area contributed by atoms with Gasteiger partial charge in [0.2, 0.25) is 5.28 Å². The van der Waals surface area contributed by atoms with Crippen molar-refractivity contribution in [3.05, 3.63) is 17.0 Å². The maximum atomic E-state index is 5.89. The van der Waals surface area contributed by atoms with E-state index in [9.17, 15) is 0 Å². The van der Waals surface area contributed by atoms with E-state index in [4.69, 9.17) is 11.6 Å². The van der Waals surface area contributed by atoms with E-state index in [1.165, 1.54) is 0 Å². The standard InChI is InChI=1S/C14H25ClN4/c1-5-18(6-2)9-8-10-19(7-3)13-12(4)11-16-14(15)17-13/h11H,5-10H2,1-4H3. The largest absolute Gasteiger partial charge is 0.356 e. The van der Waals surface area contributed by atoms with E-state index in [1.54, 1.807) is 6.20 Å². The highest BCUT2D eigenvalue weighted by Gasteiger charge is 2.10. The Bertz CT molecular complexity index is 380. The average molecular weight is 285 g/mol. The van der Waals surface area contributed by atoms with Crippen molar-refractivity contribution < 1.29 is 0 Å². The number of hydrogen-bond acceptors (Lipinski definition) is 4. The average Bonchev–Trinajstić information content (AvgIpc) is 2.42. The molecule has 0 unspecified atom stereocenters. The molecule has 108 valence electrons. The van der Waals surface area contributed by atoms with Gasteiger partial charge in [0.05, 0.1) is 0 Å². The van der Waals surface area contributed by atoms with Gasteiger partial charge in [0.1, 0.15) is 5.82 Å². The SMILES string of the molecule is CCN(CC)CCCN(CC)c1nc(Cl)ncc1C. The summed E-state index contributed by atoms with van der Waals surface area (Å²) in [5.41, 5.74) is 1.08. The first-order valence-electron chi connectivity index (χ1n) is 7.08. The van der Waals surface area contributed by atoms with E-state index in [0.29, 0.717) is 5.28 Å². The van der Waals surface area contributed by atoms with Crippen LogP contribution in [0.2, 0.25) is 5.28 Å². The first-order valence-corrected chi connectivity index (χ1v) is 7.46. The molecule has 5 heteroatoms. The van der Waals surface area contributed by atoms with Crippen molar-refractivity contribution in [1.29, 1.82) is 0 Å². The summed E-state index contributed by atoms with van der Waals surface area (Å²) in [7, 11) is 0. The Kier molecular flexibility index (Phi) is 7.10. The quantitative estimate of drug-likeness (QED) is 0.687. The number of anilines is 1. The maximum Gasteiger partial charge on any atom is 0.224 e. The number of hydrogen-bond donors (Lipinski definition) is 0. The van der Waals surface area contributed by atoms with Gasteiger partial charge < -0.3 is 9.80 Å². The minimum Gasteiger partial charge on any atom is -0.356 e. The van der Waals surface area contributed by atoms with E-state index in [-0.39, 0.29) is 0 Å². The Morgan fingerprint density at radius 3 is 2.37 bits per heavy atom. The molecule has 0 aliphatic carbocycles. The highest BCUT2D eigenvalue weighted by molar-refractivity contribution is 6.28. The molecule has 4 nitrogen and oxygen atoms in total. The lowest BCUT2D eigenvalue weighted by molar-refractivity contribution is 0.300. The Labute approximate surface area is 121 Å². The van der Waals surface area contributed by atoms with Crippen molar-refractivity contribution in [2.45, 2.75) is 34.1 Å². The van der Waals surface area contributed by atoms with E-state index in [0.717, 1.165) is 50.5 Å². The molecule has 1 aromatic rings. The summed E-state index contributed by atoms with van der Waals surface area (Å²) in [4.78, 5) is 13.1. The molecule has 0 aliphatic heterocycles. The second kappa shape index (κ2) is 8.33. The molecule has 0 radical (unpaired) electrons. The van der Waals surface area contributed by atoms with Crippen LogP contribution in [-0.4, -0.2) is 47.6 Å². The number of aryl methyl sites for hydroxylation is 1. The van der Waals surface area contributed by atoms with Crippen molar-refractivity contribution in [2.24, 2.45) is 0 Å². The first-order chi connectivity index (χ1) is 9.12. The fourth-order valence-electron chi connectivity index (χ4n) is 2.17. The topological polar surface area (TPSA) is 32.3 Å². The third kappa shape index (κ3) is 4.96. The fourth-order valence-corrected chi connectivity index (χ4v) is 2.30. The van der Waals surface area contributed by atoms with Crippen molar-refractivity contribution in [1.82, 2.24) is 14.9 Å². The van der Waals surface area contributed by atoms with Crippen LogP contribution in [0.15, 0.2) is 6.20 Å². The van der Waals surface area contributed by atoms with Crippen molar-refractivity contribution >= 4 is 17.4 Å². The second-order valence-corrected chi connectivity index (χ2v) is 4.94. The summed E-state index contributed by atoms with van der Waals surface area (Å²) in [5.74, 6) is 0.960. The van der Waals surface area contributed by atoms with E-state index >= 15 is 0 Å². The highest BCUT2D eigenvalue weighted by Crippen LogP contribution is 2.18. The van der Waals surface area contributed by atoms with E-state index < -0.39 is 0 Å². The second-order valence-electron chi connectivity index (χ2n) is 4.61. The van der Waals surface area contributed by atoms with Gasteiger partial charge in [0.15, 0.2) is 0 Å². The predicted octanol–water partition coefficient (Wildman–Crippen LogP) is 3.00. The summed E-state index contributed by atoms with van der Waals surface area (Å²) >= 11 is 5.89. The van der Waals surface area contributed by atoms with Crippen LogP contribution in [0.3, 0.4) is 0 Å². The van der Waals surface area contributed by atoms with Crippen LogP contribution in [0.4, 0.5) is 5.82 Å². The van der Waals surface area contributed by atoms with Crippen LogP contribution in [0.5, 0.6) is 0 Å². The smallest absolute Gasteiger partial charge is 0.224 e. The predicted molar refractivity (Wildman–Crippen MR) is 82.1 cm³/mol. The molecule has 1 rings (SSSR count). The van der Waals surface area contributed by atoms with Gasteiger partial charge in [0.25, 0.3) is 0 Å². The van der Waals surface area contributed by atoms with Gasteiger partial charge in [0, 0.05) is 24.8 Å². The van der Waals surface area contributed by atoms with Crippen molar-refractivity contribution in [3.63, 3.8) is 0 Å². The zero-order chi connectivity index (χ0) is 14.3. The van der Waals surface area contributed by atoms with Crippen LogP contribution in [0.1, 0.15) is 32.8 Å². The highest BCUT2D eigenvalue weighted by atomic mass is 35.5. The van der Waals surface area contributed by atoms with Gasteiger partial charge in [-0.1, -0.05) is 13.8 Å². The van der Waals surface area contributed by atoms with Crippen LogP contribution in [-0.2, 0) is 0 Å². The number of aromatic nitrogens is 2. The number of rotatable bonds is 8. The zero-order valence-electron chi connectivity index (χ0n) is 12.5. The van der Waals surface area contributed by atoms with Gasteiger partial charge in [-0.3, -0.25) is 0 Å². The summed E-state index contributed by atoms with van der Waals surface area (Å²) in [5, 5.41) is 0.322. The molecule has 1 heterocycles. The third-order valence-electron chi connectivity index (χ3n) is 3.39. The molecule has 0 amide bonds. The molecular formula is C14H25ClN4. The van der Waals surface area contributed by atoms with Gasteiger partial charge in [-0.05, 0) is 51.5 Å². The van der Waals surface area contributed by atoms with Gasteiger partial charge >= 0.3 is 0 Å². The Hall–Kier alpha value is -0.870. The van der Waals surface area contributed by atoms with E-state index in [2.05, 4.69) is 40.5 Å². The third-order valence-corrected chi connectivity index (χ3v) is 3.58. The zero-order valence-corrected chi connectivity index (χ0v) is 13.2. The Balaban J connectivity index is 2.60. The molecule has 0 aromatic carbocycles. The molecule has 0 aliphatic rings. The lowest BCUT2D eigenvalue weighted by atomic mass is 10.3.